The first-order valence-corrected chi connectivity index (χ1v) is 8.40. The van der Waals surface area contributed by atoms with Gasteiger partial charge in [0.05, 0.1) is 11.5 Å². The molecule has 0 spiro atoms. The quantitative estimate of drug-likeness (QED) is 0.665. The smallest absolute Gasteiger partial charge is 0.265 e. The Morgan fingerprint density at radius 2 is 1.64 bits per heavy atom. The SMILES string of the molecule is N#CC1(c2ccccc2)CCN(C(C(=O)NO)c2ccccc2)CC1. The van der Waals surface area contributed by atoms with E-state index in [1.807, 2.05) is 65.6 Å². The van der Waals surface area contributed by atoms with E-state index in [0.29, 0.717) is 25.9 Å². The van der Waals surface area contributed by atoms with Gasteiger partial charge in [-0.25, -0.2) is 5.48 Å². The van der Waals surface area contributed by atoms with E-state index in [2.05, 4.69) is 6.07 Å². The molecule has 1 unspecified atom stereocenters. The van der Waals surface area contributed by atoms with Crippen LogP contribution in [-0.2, 0) is 10.2 Å². The zero-order chi connectivity index (χ0) is 17.7. The number of nitrogens with zero attached hydrogens (tertiary/aromatic N) is 2. The van der Waals surface area contributed by atoms with Crippen molar-refractivity contribution in [2.75, 3.05) is 13.1 Å². The summed E-state index contributed by atoms with van der Waals surface area (Å²) in [5.74, 6) is -0.449. The maximum absolute atomic E-state index is 12.2. The highest BCUT2D eigenvalue weighted by Gasteiger charge is 2.39. The molecule has 0 aliphatic carbocycles. The van der Waals surface area contributed by atoms with Gasteiger partial charge in [0, 0.05) is 13.1 Å². The zero-order valence-electron chi connectivity index (χ0n) is 13.9. The number of nitrogens with one attached hydrogen (secondary N) is 1. The van der Waals surface area contributed by atoms with Gasteiger partial charge in [-0.05, 0) is 24.0 Å². The van der Waals surface area contributed by atoms with E-state index in [0.717, 1.165) is 11.1 Å². The van der Waals surface area contributed by atoms with Crippen LogP contribution >= 0.6 is 0 Å². The molecule has 0 aromatic heterocycles. The minimum Gasteiger partial charge on any atom is -0.289 e. The highest BCUT2D eigenvalue weighted by atomic mass is 16.5. The molecule has 0 radical (unpaired) electrons. The van der Waals surface area contributed by atoms with Crippen molar-refractivity contribution in [3.8, 4) is 6.07 Å². The van der Waals surface area contributed by atoms with Crippen LogP contribution in [0.2, 0.25) is 0 Å². The fourth-order valence-corrected chi connectivity index (χ4v) is 3.61. The Morgan fingerprint density at radius 3 is 2.16 bits per heavy atom. The van der Waals surface area contributed by atoms with Crippen molar-refractivity contribution in [1.29, 1.82) is 5.26 Å². The summed E-state index contributed by atoms with van der Waals surface area (Å²) in [6.07, 6.45) is 1.30. The van der Waals surface area contributed by atoms with Crippen LogP contribution in [0.4, 0.5) is 0 Å². The van der Waals surface area contributed by atoms with E-state index in [4.69, 9.17) is 5.21 Å². The molecule has 2 aromatic rings. The summed E-state index contributed by atoms with van der Waals surface area (Å²) in [6.45, 7) is 1.21. The molecule has 1 aliphatic heterocycles. The summed E-state index contributed by atoms with van der Waals surface area (Å²) in [5, 5.41) is 18.9. The molecule has 25 heavy (non-hydrogen) atoms. The van der Waals surface area contributed by atoms with Crippen LogP contribution in [0.3, 0.4) is 0 Å². The van der Waals surface area contributed by atoms with Crippen molar-refractivity contribution in [3.05, 3.63) is 71.8 Å². The van der Waals surface area contributed by atoms with Crippen LogP contribution < -0.4 is 5.48 Å². The normalized spacial score (nSPS) is 18.1. The van der Waals surface area contributed by atoms with E-state index in [9.17, 15) is 10.1 Å². The largest absolute Gasteiger partial charge is 0.289 e. The number of carbonyl (C=O) groups is 1. The summed E-state index contributed by atoms with van der Waals surface area (Å²) >= 11 is 0. The Kier molecular flexibility index (Phi) is 5.13. The number of carbonyl (C=O) groups excluding carboxylic acids is 1. The Bertz CT molecular complexity index is 748. The predicted molar refractivity (Wildman–Crippen MR) is 93.7 cm³/mol. The van der Waals surface area contributed by atoms with E-state index >= 15 is 0 Å². The highest BCUT2D eigenvalue weighted by Crippen LogP contribution is 2.37. The van der Waals surface area contributed by atoms with E-state index in [-0.39, 0.29) is 0 Å². The summed E-state index contributed by atoms with van der Waals surface area (Å²) in [4.78, 5) is 14.3. The van der Waals surface area contributed by atoms with Gasteiger partial charge in [-0.1, -0.05) is 60.7 Å². The lowest BCUT2D eigenvalue weighted by Crippen LogP contribution is -2.47. The first-order chi connectivity index (χ1) is 12.2. The van der Waals surface area contributed by atoms with E-state index in [1.54, 1.807) is 5.48 Å². The Labute approximate surface area is 147 Å². The van der Waals surface area contributed by atoms with Gasteiger partial charge < -0.3 is 0 Å². The number of piperidine rings is 1. The lowest BCUT2D eigenvalue weighted by Gasteiger charge is -2.40. The second kappa shape index (κ2) is 7.47. The fourth-order valence-electron chi connectivity index (χ4n) is 3.61. The number of hydroxylamine groups is 1. The number of rotatable bonds is 4. The molecule has 1 aliphatic rings. The average molecular weight is 335 g/mol. The monoisotopic (exact) mass is 335 g/mol. The molecular formula is C20H21N3O2. The summed E-state index contributed by atoms with van der Waals surface area (Å²) < 4.78 is 0. The minimum absolute atomic E-state index is 0.449. The summed E-state index contributed by atoms with van der Waals surface area (Å²) in [7, 11) is 0. The van der Waals surface area contributed by atoms with Crippen molar-refractivity contribution < 1.29 is 10.0 Å². The molecule has 1 atom stereocenters. The topological polar surface area (TPSA) is 76.4 Å². The third-order valence-electron chi connectivity index (χ3n) is 5.03. The van der Waals surface area contributed by atoms with Gasteiger partial charge in [0.2, 0.25) is 0 Å². The molecule has 0 saturated carbocycles. The van der Waals surface area contributed by atoms with Crippen LogP contribution in [0.15, 0.2) is 60.7 Å². The second-order valence-electron chi connectivity index (χ2n) is 6.39. The predicted octanol–water partition coefficient (Wildman–Crippen LogP) is 2.79. The fraction of sp³-hybridized carbons (Fsp3) is 0.300. The average Bonchev–Trinajstić information content (AvgIpc) is 2.70. The third kappa shape index (κ3) is 3.41. The first-order valence-electron chi connectivity index (χ1n) is 8.40. The zero-order valence-corrected chi connectivity index (χ0v) is 13.9. The number of hydrogen-bond donors (Lipinski definition) is 2. The van der Waals surface area contributed by atoms with Crippen molar-refractivity contribution in [1.82, 2.24) is 10.4 Å². The molecule has 1 saturated heterocycles. The Morgan fingerprint density at radius 1 is 1.08 bits per heavy atom. The Hall–Kier alpha value is -2.68. The molecule has 128 valence electrons. The number of hydrogen-bond acceptors (Lipinski definition) is 4. The standard InChI is InChI=1S/C20H21N3O2/c21-15-20(17-9-5-2-6-10-17)11-13-23(14-12-20)18(19(24)22-25)16-7-3-1-4-8-16/h1-10,18,25H,11-14H2,(H,22,24). The number of amides is 1. The van der Waals surface area contributed by atoms with Crippen LogP contribution in [0.1, 0.15) is 30.0 Å². The number of likely N-dealkylation sites (tertiary alicyclic amines) is 1. The van der Waals surface area contributed by atoms with Gasteiger partial charge in [0.1, 0.15) is 6.04 Å². The second-order valence-corrected chi connectivity index (χ2v) is 6.39. The molecule has 1 heterocycles. The molecule has 1 amide bonds. The third-order valence-corrected chi connectivity index (χ3v) is 5.03. The molecule has 2 N–H and O–H groups in total. The maximum atomic E-state index is 12.2. The maximum Gasteiger partial charge on any atom is 0.265 e. The van der Waals surface area contributed by atoms with E-state index in [1.165, 1.54) is 0 Å². The summed E-state index contributed by atoms with van der Waals surface area (Å²) in [5.41, 5.74) is 3.12. The van der Waals surface area contributed by atoms with Gasteiger partial charge in [-0.3, -0.25) is 14.9 Å². The van der Waals surface area contributed by atoms with Crippen molar-refractivity contribution >= 4 is 5.91 Å². The molecule has 5 nitrogen and oxygen atoms in total. The van der Waals surface area contributed by atoms with Crippen molar-refractivity contribution in [2.45, 2.75) is 24.3 Å². The van der Waals surface area contributed by atoms with Gasteiger partial charge in [-0.2, -0.15) is 5.26 Å². The number of nitriles is 1. The Balaban J connectivity index is 1.82. The molecule has 1 fully saturated rings. The molecule has 2 aromatic carbocycles. The minimum atomic E-state index is -0.557. The van der Waals surface area contributed by atoms with Gasteiger partial charge in [0.15, 0.2) is 0 Å². The molecule has 3 rings (SSSR count). The highest BCUT2D eigenvalue weighted by molar-refractivity contribution is 5.82. The lowest BCUT2D eigenvalue weighted by atomic mass is 9.73. The van der Waals surface area contributed by atoms with Crippen LogP contribution in [-0.4, -0.2) is 29.1 Å². The van der Waals surface area contributed by atoms with Gasteiger partial charge in [-0.15, -0.1) is 0 Å². The molecule has 0 bridgehead atoms. The van der Waals surface area contributed by atoms with Crippen molar-refractivity contribution in [3.63, 3.8) is 0 Å². The van der Waals surface area contributed by atoms with Crippen molar-refractivity contribution in [2.24, 2.45) is 0 Å². The summed E-state index contributed by atoms with van der Waals surface area (Å²) in [6, 6.07) is 21.2. The first kappa shape index (κ1) is 17.2. The molecule has 5 heteroatoms. The van der Waals surface area contributed by atoms with Crippen LogP contribution in [0.5, 0.6) is 0 Å². The lowest BCUT2D eigenvalue weighted by molar-refractivity contribution is -0.135. The van der Waals surface area contributed by atoms with Gasteiger partial charge >= 0.3 is 0 Å². The van der Waals surface area contributed by atoms with E-state index < -0.39 is 17.4 Å². The molecular weight excluding hydrogens is 314 g/mol. The van der Waals surface area contributed by atoms with Crippen LogP contribution in [0, 0.1) is 11.3 Å². The van der Waals surface area contributed by atoms with Gasteiger partial charge in [0.25, 0.3) is 5.91 Å². The van der Waals surface area contributed by atoms with Crippen LogP contribution in [0.25, 0.3) is 0 Å². The number of benzene rings is 2.